The Hall–Kier alpha value is -2.34. The van der Waals surface area contributed by atoms with Crippen LogP contribution in [0.25, 0.3) is 0 Å². The lowest BCUT2D eigenvalue weighted by Gasteiger charge is -2.29. The maximum absolute atomic E-state index is 12.9. The van der Waals surface area contributed by atoms with E-state index in [0.29, 0.717) is 12.8 Å². The van der Waals surface area contributed by atoms with E-state index in [1.807, 2.05) is 0 Å². The van der Waals surface area contributed by atoms with Gasteiger partial charge in [0.1, 0.15) is 18.1 Å². The molecule has 1 saturated heterocycles. The van der Waals surface area contributed by atoms with Gasteiger partial charge in [-0.2, -0.15) is 12.6 Å². The van der Waals surface area contributed by atoms with Crippen LogP contribution in [-0.4, -0.2) is 76.1 Å². The van der Waals surface area contributed by atoms with Gasteiger partial charge in [0.15, 0.2) is 0 Å². The van der Waals surface area contributed by atoms with Crippen molar-refractivity contribution in [3.05, 3.63) is 0 Å². The number of carbonyl (C=O) groups is 5. The molecule has 1 heterocycles. The monoisotopic (exact) mass is 431 g/mol. The van der Waals surface area contributed by atoms with Crippen LogP contribution in [0.2, 0.25) is 0 Å². The number of nitrogens with zero attached hydrogens (tertiary/aromatic N) is 1. The second kappa shape index (κ2) is 11.0. The highest BCUT2D eigenvalue weighted by Gasteiger charge is 2.39. The van der Waals surface area contributed by atoms with Gasteiger partial charge < -0.3 is 32.1 Å². The number of carboxylic acids is 1. The molecule has 1 fully saturated rings. The third-order valence-electron chi connectivity index (χ3n) is 4.68. The fraction of sp³-hybridized carbons (Fsp3) is 0.706. The van der Waals surface area contributed by atoms with Crippen LogP contribution in [0.4, 0.5) is 0 Å². The molecule has 29 heavy (non-hydrogen) atoms. The molecular weight excluding hydrogens is 402 g/mol. The van der Waals surface area contributed by atoms with Crippen LogP contribution in [-0.2, 0) is 24.0 Å². The summed E-state index contributed by atoms with van der Waals surface area (Å²) >= 11 is 4.11. The first-order valence-corrected chi connectivity index (χ1v) is 9.91. The van der Waals surface area contributed by atoms with Gasteiger partial charge in [-0.25, -0.2) is 4.79 Å². The number of hydrogen-bond donors (Lipinski definition) is 6. The van der Waals surface area contributed by atoms with Gasteiger partial charge in [0.05, 0.1) is 12.5 Å². The van der Waals surface area contributed by atoms with E-state index in [1.165, 1.54) is 4.90 Å². The van der Waals surface area contributed by atoms with Gasteiger partial charge in [-0.15, -0.1) is 0 Å². The third-order valence-corrected chi connectivity index (χ3v) is 5.04. The summed E-state index contributed by atoms with van der Waals surface area (Å²) < 4.78 is 0. The highest BCUT2D eigenvalue weighted by Crippen LogP contribution is 2.19. The van der Waals surface area contributed by atoms with Crippen LogP contribution in [0.3, 0.4) is 0 Å². The zero-order valence-electron chi connectivity index (χ0n) is 16.5. The number of carbonyl (C=O) groups excluding carboxylic acids is 4. The first-order chi connectivity index (χ1) is 13.5. The summed E-state index contributed by atoms with van der Waals surface area (Å²) in [6.07, 6.45) is 0.277. The van der Waals surface area contributed by atoms with Crippen molar-refractivity contribution in [3.8, 4) is 0 Å². The minimum atomic E-state index is -1.48. The van der Waals surface area contributed by atoms with E-state index in [2.05, 4.69) is 23.3 Å². The first kappa shape index (κ1) is 24.7. The van der Waals surface area contributed by atoms with Crippen molar-refractivity contribution in [2.45, 2.75) is 57.3 Å². The van der Waals surface area contributed by atoms with E-state index < -0.39 is 60.2 Å². The van der Waals surface area contributed by atoms with Crippen LogP contribution in [0.1, 0.15) is 33.1 Å². The zero-order chi connectivity index (χ0) is 22.3. The molecule has 0 aliphatic carbocycles. The summed E-state index contributed by atoms with van der Waals surface area (Å²) in [6.45, 7) is 3.81. The lowest BCUT2D eigenvalue weighted by Crippen LogP contribution is -2.58. The molecule has 0 aromatic carbocycles. The third kappa shape index (κ3) is 6.89. The second-order valence-corrected chi connectivity index (χ2v) is 7.64. The van der Waals surface area contributed by atoms with Crippen LogP contribution in [0.5, 0.6) is 0 Å². The fourth-order valence-corrected chi connectivity index (χ4v) is 3.18. The minimum Gasteiger partial charge on any atom is -0.480 e. The van der Waals surface area contributed by atoms with Gasteiger partial charge in [-0.05, 0) is 18.8 Å². The predicted molar refractivity (Wildman–Crippen MR) is 107 cm³/mol. The molecular formula is C17H29N5O6S. The number of hydrogen-bond acceptors (Lipinski definition) is 7. The Balaban J connectivity index is 2.86. The van der Waals surface area contributed by atoms with E-state index in [-0.39, 0.29) is 18.2 Å². The molecule has 4 atom stereocenters. The number of aliphatic carboxylic acids is 1. The molecule has 1 aliphatic heterocycles. The molecule has 1 rings (SSSR count). The fourth-order valence-electron chi connectivity index (χ4n) is 2.93. The highest BCUT2D eigenvalue weighted by molar-refractivity contribution is 7.80. The number of amides is 4. The lowest BCUT2D eigenvalue weighted by atomic mass is 10.0. The van der Waals surface area contributed by atoms with Gasteiger partial charge in [-0.1, -0.05) is 13.8 Å². The van der Waals surface area contributed by atoms with Crippen molar-refractivity contribution >= 4 is 42.2 Å². The second-order valence-electron chi connectivity index (χ2n) is 7.27. The molecule has 0 spiro atoms. The number of carboxylic acid groups (broad SMARTS) is 1. The van der Waals surface area contributed by atoms with E-state index in [1.54, 1.807) is 13.8 Å². The number of primary amides is 1. The first-order valence-electron chi connectivity index (χ1n) is 9.28. The Morgan fingerprint density at radius 2 is 1.79 bits per heavy atom. The summed E-state index contributed by atoms with van der Waals surface area (Å²) in [5.41, 5.74) is 10.8. The molecule has 0 bridgehead atoms. The lowest BCUT2D eigenvalue weighted by molar-refractivity contribution is -0.145. The Morgan fingerprint density at radius 3 is 2.28 bits per heavy atom. The van der Waals surface area contributed by atoms with E-state index in [4.69, 9.17) is 16.6 Å². The van der Waals surface area contributed by atoms with Gasteiger partial charge in [0.2, 0.25) is 23.6 Å². The molecule has 164 valence electrons. The molecule has 1 aliphatic rings. The highest BCUT2D eigenvalue weighted by atomic mass is 32.1. The molecule has 12 heteroatoms. The number of nitrogens with one attached hydrogen (secondary N) is 2. The molecule has 0 radical (unpaired) electrons. The molecule has 4 amide bonds. The Kier molecular flexibility index (Phi) is 9.37. The Labute approximate surface area is 174 Å². The van der Waals surface area contributed by atoms with Crippen molar-refractivity contribution in [1.29, 1.82) is 0 Å². The van der Waals surface area contributed by atoms with Crippen molar-refractivity contribution < 1.29 is 29.1 Å². The van der Waals surface area contributed by atoms with Gasteiger partial charge in [0, 0.05) is 12.3 Å². The summed E-state index contributed by atoms with van der Waals surface area (Å²) in [7, 11) is 0. The van der Waals surface area contributed by atoms with Crippen molar-refractivity contribution in [2.75, 3.05) is 12.3 Å². The summed E-state index contributed by atoms with van der Waals surface area (Å²) in [5.74, 6) is -4.13. The number of nitrogens with two attached hydrogens (primary N) is 2. The summed E-state index contributed by atoms with van der Waals surface area (Å²) in [5, 5.41) is 13.9. The molecule has 0 saturated carbocycles. The molecule has 7 N–H and O–H groups in total. The standard InChI is InChI=1S/C17H29N5O6S/c1-8(2)13(19)15(25)21-10(7-29)16(26)22-5-3-4-11(22)14(24)20-9(17(27)28)6-12(18)23/h8-11,13,29H,3-7,19H2,1-2H3,(H2,18,23)(H,20,24)(H,21,25)(H,27,28). The zero-order valence-corrected chi connectivity index (χ0v) is 17.4. The molecule has 4 unspecified atom stereocenters. The van der Waals surface area contributed by atoms with Gasteiger partial charge in [0.25, 0.3) is 0 Å². The molecule has 11 nitrogen and oxygen atoms in total. The van der Waals surface area contributed by atoms with Crippen molar-refractivity contribution in [2.24, 2.45) is 17.4 Å². The van der Waals surface area contributed by atoms with E-state index >= 15 is 0 Å². The van der Waals surface area contributed by atoms with Crippen molar-refractivity contribution in [3.63, 3.8) is 0 Å². The maximum atomic E-state index is 12.9. The van der Waals surface area contributed by atoms with Crippen LogP contribution in [0.15, 0.2) is 0 Å². The molecule has 0 aromatic heterocycles. The maximum Gasteiger partial charge on any atom is 0.326 e. The number of rotatable bonds is 10. The van der Waals surface area contributed by atoms with Crippen LogP contribution < -0.4 is 22.1 Å². The topological polar surface area (TPSA) is 185 Å². The average Bonchev–Trinajstić information content (AvgIpc) is 3.13. The van der Waals surface area contributed by atoms with E-state index in [9.17, 15) is 24.0 Å². The van der Waals surface area contributed by atoms with Crippen molar-refractivity contribution in [1.82, 2.24) is 15.5 Å². The SMILES string of the molecule is CC(C)C(N)C(=O)NC(CS)C(=O)N1CCCC1C(=O)NC(CC(N)=O)C(=O)O. The number of likely N-dealkylation sites (tertiary alicyclic amines) is 1. The van der Waals surface area contributed by atoms with Gasteiger partial charge >= 0.3 is 5.97 Å². The summed E-state index contributed by atoms with van der Waals surface area (Å²) in [4.78, 5) is 61.1. The summed E-state index contributed by atoms with van der Waals surface area (Å²) in [6, 6.07) is -4.19. The Bertz CT molecular complexity index is 658. The van der Waals surface area contributed by atoms with Gasteiger partial charge in [-0.3, -0.25) is 19.2 Å². The van der Waals surface area contributed by atoms with Crippen LogP contribution >= 0.6 is 12.6 Å². The average molecular weight is 432 g/mol. The quantitative estimate of drug-likeness (QED) is 0.212. The normalized spacial score (nSPS) is 19.3. The predicted octanol–water partition coefficient (Wildman–Crippen LogP) is -2.18. The number of thiol groups is 1. The van der Waals surface area contributed by atoms with E-state index in [0.717, 1.165) is 0 Å². The smallest absolute Gasteiger partial charge is 0.326 e. The Morgan fingerprint density at radius 1 is 1.17 bits per heavy atom. The largest absolute Gasteiger partial charge is 0.480 e. The molecule has 0 aromatic rings. The van der Waals surface area contributed by atoms with Crippen LogP contribution in [0, 0.1) is 5.92 Å². The minimum absolute atomic E-state index is 0.000343.